The fraction of sp³-hybridized carbons (Fsp3) is 0.231. The number of aliphatic hydroxyl groups excluding tert-OH is 1. The predicted octanol–water partition coefficient (Wildman–Crippen LogP) is 0.759. The summed E-state index contributed by atoms with van der Waals surface area (Å²) in [5.41, 5.74) is 0.816. The van der Waals surface area contributed by atoms with E-state index in [4.69, 9.17) is 9.52 Å². The molecule has 0 atom stereocenters. The second kappa shape index (κ2) is 6.45. The van der Waals surface area contributed by atoms with Gasteiger partial charge in [-0.3, -0.25) is 15.1 Å². The molecule has 2 heterocycles. The monoisotopic (exact) mass is 272 g/mol. The van der Waals surface area contributed by atoms with E-state index < -0.39 is 5.91 Å². The molecule has 0 saturated carbocycles. The van der Waals surface area contributed by atoms with Gasteiger partial charge in [0.1, 0.15) is 0 Å². The number of rotatable bonds is 3. The summed E-state index contributed by atoms with van der Waals surface area (Å²) in [7, 11) is 0. The van der Waals surface area contributed by atoms with Crippen LogP contribution in [0.25, 0.3) is 0 Å². The van der Waals surface area contributed by atoms with Crippen molar-refractivity contribution < 1.29 is 14.3 Å². The number of pyridine rings is 1. The van der Waals surface area contributed by atoms with Crippen molar-refractivity contribution in [3.63, 3.8) is 0 Å². The van der Waals surface area contributed by atoms with Gasteiger partial charge in [0.2, 0.25) is 5.89 Å². The molecule has 0 aromatic carbocycles. The standard InChI is InChI=1S/C13H12N4O3/c1-9-16-17-13(20-9)15-12(19)11-5-6-14-8-10(11)4-2-3-7-18/h5-6,8,18H,3,7H2,1H3,(H,15,17,19). The van der Waals surface area contributed by atoms with Crippen LogP contribution in [-0.2, 0) is 0 Å². The highest BCUT2D eigenvalue weighted by atomic mass is 16.4. The van der Waals surface area contributed by atoms with Gasteiger partial charge in [0.15, 0.2) is 0 Å². The maximum atomic E-state index is 12.1. The Morgan fingerprint density at radius 1 is 1.50 bits per heavy atom. The average Bonchev–Trinajstić information content (AvgIpc) is 2.85. The fourth-order valence-electron chi connectivity index (χ4n) is 1.42. The number of carbonyl (C=O) groups is 1. The lowest BCUT2D eigenvalue weighted by Gasteiger charge is -2.02. The smallest absolute Gasteiger partial charge is 0.322 e. The fourth-order valence-corrected chi connectivity index (χ4v) is 1.42. The van der Waals surface area contributed by atoms with Gasteiger partial charge in [0.25, 0.3) is 5.91 Å². The van der Waals surface area contributed by atoms with Crippen LogP contribution in [0.15, 0.2) is 22.9 Å². The zero-order chi connectivity index (χ0) is 14.4. The molecular formula is C13H12N4O3. The molecule has 0 aliphatic rings. The second-order valence-corrected chi connectivity index (χ2v) is 3.78. The minimum Gasteiger partial charge on any atom is -0.408 e. The van der Waals surface area contributed by atoms with Crippen LogP contribution in [0.4, 0.5) is 6.01 Å². The molecule has 0 fully saturated rings. The van der Waals surface area contributed by atoms with Crippen molar-refractivity contribution in [2.75, 3.05) is 11.9 Å². The van der Waals surface area contributed by atoms with Crippen LogP contribution in [-0.4, -0.2) is 32.8 Å². The van der Waals surface area contributed by atoms with Gasteiger partial charge in [-0.05, 0) is 6.07 Å². The minimum atomic E-state index is -0.413. The first-order chi connectivity index (χ1) is 9.70. The topological polar surface area (TPSA) is 101 Å². The first-order valence-corrected chi connectivity index (χ1v) is 5.86. The van der Waals surface area contributed by atoms with Gasteiger partial charge in [-0.2, -0.15) is 0 Å². The number of amides is 1. The summed E-state index contributed by atoms with van der Waals surface area (Å²) in [6, 6.07) is 1.57. The van der Waals surface area contributed by atoms with Crippen molar-refractivity contribution in [2.24, 2.45) is 0 Å². The van der Waals surface area contributed by atoms with Crippen LogP contribution in [0.3, 0.4) is 0 Å². The quantitative estimate of drug-likeness (QED) is 0.800. The molecule has 2 N–H and O–H groups in total. The van der Waals surface area contributed by atoms with Gasteiger partial charge in [-0.25, -0.2) is 0 Å². The van der Waals surface area contributed by atoms with Gasteiger partial charge in [-0.1, -0.05) is 16.9 Å². The van der Waals surface area contributed by atoms with Crippen molar-refractivity contribution in [3.8, 4) is 11.8 Å². The van der Waals surface area contributed by atoms with Crippen molar-refractivity contribution >= 4 is 11.9 Å². The Labute approximate surface area is 115 Å². The molecule has 7 heteroatoms. The van der Waals surface area contributed by atoms with Crippen LogP contribution in [0.2, 0.25) is 0 Å². The van der Waals surface area contributed by atoms with Gasteiger partial charge in [0, 0.05) is 25.7 Å². The number of nitrogens with one attached hydrogen (secondary N) is 1. The summed E-state index contributed by atoms with van der Waals surface area (Å²) in [5, 5.41) is 18.5. The normalized spacial score (nSPS) is 9.70. The van der Waals surface area contributed by atoms with Gasteiger partial charge in [0.05, 0.1) is 17.7 Å². The van der Waals surface area contributed by atoms with E-state index in [0.717, 1.165) is 0 Å². The van der Waals surface area contributed by atoms with E-state index in [1.165, 1.54) is 12.4 Å². The van der Waals surface area contributed by atoms with E-state index >= 15 is 0 Å². The zero-order valence-electron chi connectivity index (χ0n) is 10.8. The molecule has 0 spiro atoms. The number of hydrogen-bond acceptors (Lipinski definition) is 6. The van der Waals surface area contributed by atoms with E-state index in [2.05, 4.69) is 32.3 Å². The molecule has 0 unspecified atom stereocenters. The first-order valence-electron chi connectivity index (χ1n) is 5.86. The molecule has 102 valence electrons. The Hall–Kier alpha value is -2.72. The third-order valence-electron chi connectivity index (χ3n) is 2.27. The number of nitrogens with zero attached hydrogens (tertiary/aromatic N) is 3. The summed E-state index contributed by atoms with van der Waals surface area (Å²) in [5.74, 6) is 5.48. The van der Waals surface area contributed by atoms with Crippen LogP contribution in [0, 0.1) is 18.8 Å². The molecular weight excluding hydrogens is 260 g/mol. The van der Waals surface area contributed by atoms with Gasteiger partial charge >= 0.3 is 6.01 Å². The van der Waals surface area contributed by atoms with Gasteiger partial charge in [-0.15, -0.1) is 5.10 Å². The average molecular weight is 272 g/mol. The largest absolute Gasteiger partial charge is 0.408 e. The zero-order valence-corrected chi connectivity index (χ0v) is 10.8. The molecule has 20 heavy (non-hydrogen) atoms. The summed E-state index contributed by atoms with van der Waals surface area (Å²) in [4.78, 5) is 16.0. The molecule has 0 aliphatic carbocycles. The molecule has 2 rings (SSSR count). The van der Waals surface area contributed by atoms with Crippen molar-refractivity contribution in [1.29, 1.82) is 0 Å². The summed E-state index contributed by atoms with van der Waals surface area (Å²) in [6.07, 6.45) is 3.31. The van der Waals surface area contributed by atoms with E-state index in [0.29, 0.717) is 23.4 Å². The van der Waals surface area contributed by atoms with Gasteiger partial charge < -0.3 is 9.52 Å². The second-order valence-electron chi connectivity index (χ2n) is 3.78. The van der Waals surface area contributed by atoms with Crippen molar-refractivity contribution in [3.05, 3.63) is 35.5 Å². The van der Waals surface area contributed by atoms with E-state index in [-0.39, 0.29) is 12.6 Å². The highest BCUT2D eigenvalue weighted by Crippen LogP contribution is 2.10. The van der Waals surface area contributed by atoms with Crippen LogP contribution in [0.1, 0.15) is 28.2 Å². The Bertz CT molecular complexity index is 669. The Morgan fingerprint density at radius 2 is 2.35 bits per heavy atom. The summed E-state index contributed by atoms with van der Waals surface area (Å²) >= 11 is 0. The predicted molar refractivity (Wildman–Crippen MR) is 69.8 cm³/mol. The third-order valence-corrected chi connectivity index (χ3v) is 2.27. The van der Waals surface area contributed by atoms with Crippen molar-refractivity contribution in [2.45, 2.75) is 13.3 Å². The van der Waals surface area contributed by atoms with E-state index in [9.17, 15) is 4.79 Å². The molecule has 1 amide bonds. The van der Waals surface area contributed by atoms with E-state index in [1.807, 2.05) is 0 Å². The number of aryl methyl sites for hydroxylation is 1. The SMILES string of the molecule is Cc1nnc(NC(=O)c2ccncc2C#CCCO)o1. The Balaban J connectivity index is 2.19. The molecule has 0 saturated heterocycles. The molecule has 0 aliphatic heterocycles. The lowest BCUT2D eigenvalue weighted by atomic mass is 10.1. The minimum absolute atomic E-state index is 0.0265. The lowest BCUT2D eigenvalue weighted by molar-refractivity contribution is 0.102. The molecule has 0 bridgehead atoms. The van der Waals surface area contributed by atoms with E-state index in [1.54, 1.807) is 13.0 Å². The molecule has 2 aromatic heterocycles. The number of hydrogen-bond donors (Lipinski definition) is 2. The third kappa shape index (κ3) is 3.40. The maximum absolute atomic E-state index is 12.1. The molecule has 2 aromatic rings. The number of carbonyl (C=O) groups excluding carboxylic acids is 1. The summed E-state index contributed by atoms with van der Waals surface area (Å²) < 4.78 is 5.08. The maximum Gasteiger partial charge on any atom is 0.322 e. The summed E-state index contributed by atoms with van der Waals surface area (Å²) in [6.45, 7) is 1.59. The Morgan fingerprint density at radius 3 is 3.05 bits per heavy atom. The van der Waals surface area contributed by atoms with Crippen LogP contribution < -0.4 is 5.32 Å². The molecule has 7 nitrogen and oxygen atoms in total. The number of aromatic nitrogens is 3. The Kier molecular flexibility index (Phi) is 4.42. The highest BCUT2D eigenvalue weighted by molar-refractivity contribution is 6.04. The highest BCUT2D eigenvalue weighted by Gasteiger charge is 2.13. The van der Waals surface area contributed by atoms with Crippen LogP contribution >= 0.6 is 0 Å². The number of aliphatic hydroxyl groups is 1. The van der Waals surface area contributed by atoms with Crippen molar-refractivity contribution in [1.82, 2.24) is 15.2 Å². The van der Waals surface area contributed by atoms with Crippen LogP contribution in [0.5, 0.6) is 0 Å². The lowest BCUT2D eigenvalue weighted by Crippen LogP contribution is -2.14. The first kappa shape index (κ1) is 13.7. The number of anilines is 1. The molecule has 0 radical (unpaired) electrons.